The van der Waals surface area contributed by atoms with Gasteiger partial charge in [-0.2, -0.15) is 0 Å². The Morgan fingerprint density at radius 2 is 1.43 bits per heavy atom. The van der Waals surface area contributed by atoms with Crippen molar-refractivity contribution in [1.29, 1.82) is 0 Å². The highest BCUT2D eigenvalue weighted by Crippen LogP contribution is 2.47. The highest BCUT2D eigenvalue weighted by Gasteiger charge is 2.30. The van der Waals surface area contributed by atoms with Crippen molar-refractivity contribution in [2.24, 2.45) is 0 Å². The van der Waals surface area contributed by atoms with Crippen LogP contribution in [0.2, 0.25) is 0 Å². The third-order valence-electron chi connectivity index (χ3n) is 5.64. The molecule has 9 nitrogen and oxygen atoms in total. The lowest BCUT2D eigenvalue weighted by atomic mass is 10.0. The first-order valence-electron chi connectivity index (χ1n) is 13.7. The molecule has 0 aliphatic heterocycles. The summed E-state index contributed by atoms with van der Waals surface area (Å²) in [5.41, 5.74) is -0.683. The van der Waals surface area contributed by atoms with Crippen LogP contribution in [0.1, 0.15) is 105 Å². The first-order chi connectivity index (χ1) is 17.6. The molecule has 0 saturated heterocycles. The van der Waals surface area contributed by atoms with E-state index in [4.69, 9.17) is 27.8 Å². The zero-order valence-electron chi connectivity index (χ0n) is 24.4. The molecule has 0 aromatic heterocycles. The Kier molecular flexibility index (Phi) is 21.3. The monoisotopic (exact) mass is 551 g/mol. The average Bonchev–Trinajstić information content (AvgIpc) is 2.85. The molecule has 10 heteroatoms. The van der Waals surface area contributed by atoms with Gasteiger partial charge >= 0.3 is 13.9 Å². The topological polar surface area (TPSA) is 102 Å². The lowest BCUT2D eigenvalue weighted by molar-refractivity contribution is -0.0712. The summed E-state index contributed by atoms with van der Waals surface area (Å²) in [5, 5.41) is 2.75. The highest BCUT2D eigenvalue weighted by atomic mass is 31.2. The van der Waals surface area contributed by atoms with Crippen molar-refractivity contribution in [1.82, 2.24) is 5.32 Å². The van der Waals surface area contributed by atoms with Gasteiger partial charge in [0.1, 0.15) is 18.5 Å². The van der Waals surface area contributed by atoms with E-state index in [0.717, 1.165) is 12.8 Å². The molecule has 0 spiro atoms. The van der Waals surface area contributed by atoms with Crippen LogP contribution in [0.4, 0.5) is 4.79 Å². The molecule has 0 aliphatic carbocycles. The summed E-state index contributed by atoms with van der Waals surface area (Å²) in [4.78, 5) is 12.5. The summed E-state index contributed by atoms with van der Waals surface area (Å²) in [6.07, 6.45) is 17.7. The molecule has 1 N–H and O–H groups in total. The lowest BCUT2D eigenvalue weighted by Crippen LogP contribution is -2.48. The maximum absolute atomic E-state index is 12.5. The number of hydrogen-bond donors (Lipinski definition) is 1. The van der Waals surface area contributed by atoms with E-state index in [1.807, 2.05) is 12.2 Å². The number of alkyl carbamates (subject to hydrolysis) is 1. The minimum atomic E-state index is -3.75. The molecule has 37 heavy (non-hydrogen) atoms. The van der Waals surface area contributed by atoms with Gasteiger partial charge in [-0.3, -0.25) is 13.6 Å². The molecule has 0 fully saturated rings. The van der Waals surface area contributed by atoms with E-state index in [0.29, 0.717) is 0 Å². The zero-order chi connectivity index (χ0) is 28.0. The second-order valence-electron chi connectivity index (χ2n) is 10.2. The SMILES string of the molecule is CCCCCCCCCCCCC/C=C/[C@@H](OCOC)[C@H](COP(=O)(OC)OC)NC(=O)OC(C)(C)C. The van der Waals surface area contributed by atoms with Gasteiger partial charge in [0.05, 0.1) is 12.6 Å². The number of amides is 1. The molecule has 0 aromatic rings. The number of phosphoric ester groups is 1. The van der Waals surface area contributed by atoms with Crippen LogP contribution in [-0.2, 0) is 32.3 Å². The number of carbonyl (C=O) groups excluding carboxylic acids is 1. The number of rotatable bonds is 23. The van der Waals surface area contributed by atoms with Crippen LogP contribution in [0, 0.1) is 0 Å². The number of unbranched alkanes of at least 4 members (excludes halogenated alkanes) is 11. The van der Waals surface area contributed by atoms with E-state index < -0.39 is 31.7 Å². The summed E-state index contributed by atoms with van der Waals surface area (Å²) < 4.78 is 43.7. The van der Waals surface area contributed by atoms with E-state index >= 15 is 0 Å². The third kappa shape index (κ3) is 20.6. The van der Waals surface area contributed by atoms with E-state index in [-0.39, 0.29) is 13.4 Å². The Morgan fingerprint density at radius 1 is 0.892 bits per heavy atom. The molecular weight excluding hydrogens is 497 g/mol. The van der Waals surface area contributed by atoms with Gasteiger partial charge in [0.2, 0.25) is 0 Å². The van der Waals surface area contributed by atoms with Crippen LogP contribution in [0.15, 0.2) is 12.2 Å². The van der Waals surface area contributed by atoms with Crippen molar-refractivity contribution in [2.45, 2.75) is 122 Å². The maximum atomic E-state index is 12.5. The smallest absolute Gasteiger partial charge is 0.444 e. The molecule has 0 rings (SSSR count). The van der Waals surface area contributed by atoms with Crippen LogP contribution in [-0.4, -0.2) is 58.6 Å². The Hall–Kier alpha value is -0.960. The third-order valence-corrected chi connectivity index (χ3v) is 7.00. The Bertz CT molecular complexity index is 630. The summed E-state index contributed by atoms with van der Waals surface area (Å²) in [6.45, 7) is 7.39. The number of phosphoric acid groups is 1. The maximum Gasteiger partial charge on any atom is 0.474 e. The number of nitrogens with one attached hydrogen (secondary N) is 1. The molecule has 1 amide bonds. The van der Waals surface area contributed by atoms with Crippen LogP contribution in [0.25, 0.3) is 0 Å². The van der Waals surface area contributed by atoms with Crippen molar-refractivity contribution in [3.8, 4) is 0 Å². The molecule has 0 heterocycles. The van der Waals surface area contributed by atoms with E-state index in [9.17, 15) is 9.36 Å². The summed E-state index contributed by atoms with van der Waals surface area (Å²) >= 11 is 0. The van der Waals surface area contributed by atoms with Crippen molar-refractivity contribution in [3.05, 3.63) is 12.2 Å². The predicted octanol–water partition coefficient (Wildman–Crippen LogP) is 7.54. The second kappa shape index (κ2) is 21.9. The molecular formula is C27H54NO8P. The summed E-state index contributed by atoms with van der Waals surface area (Å²) in [5.74, 6) is 0. The number of methoxy groups -OCH3 is 1. The van der Waals surface area contributed by atoms with Crippen LogP contribution < -0.4 is 5.32 Å². The molecule has 0 unspecified atom stereocenters. The van der Waals surface area contributed by atoms with Gasteiger partial charge in [-0.1, -0.05) is 83.3 Å². The van der Waals surface area contributed by atoms with Crippen molar-refractivity contribution in [2.75, 3.05) is 34.7 Å². The molecule has 0 aromatic carbocycles. The molecule has 0 aliphatic rings. The fraction of sp³-hybridized carbons (Fsp3) is 0.889. The van der Waals surface area contributed by atoms with Gasteiger partial charge in [0.25, 0.3) is 0 Å². The number of hydrogen-bond acceptors (Lipinski definition) is 8. The number of ether oxygens (including phenoxy) is 3. The van der Waals surface area contributed by atoms with Crippen molar-refractivity contribution >= 4 is 13.9 Å². The Morgan fingerprint density at radius 3 is 1.92 bits per heavy atom. The predicted molar refractivity (Wildman–Crippen MR) is 148 cm³/mol. The van der Waals surface area contributed by atoms with Gasteiger partial charge in [-0.15, -0.1) is 0 Å². The average molecular weight is 552 g/mol. The fourth-order valence-electron chi connectivity index (χ4n) is 3.64. The molecule has 0 saturated carbocycles. The van der Waals surface area contributed by atoms with Gasteiger partial charge in [0, 0.05) is 21.3 Å². The van der Waals surface area contributed by atoms with Crippen LogP contribution in [0.5, 0.6) is 0 Å². The van der Waals surface area contributed by atoms with Gasteiger partial charge < -0.3 is 19.5 Å². The van der Waals surface area contributed by atoms with E-state index in [1.54, 1.807) is 20.8 Å². The summed E-state index contributed by atoms with van der Waals surface area (Å²) in [7, 11) is 0.227. The molecule has 0 radical (unpaired) electrons. The normalized spacial score (nSPS) is 14.1. The fourth-order valence-corrected chi connectivity index (χ4v) is 4.34. The number of allylic oxidation sites excluding steroid dienone is 1. The van der Waals surface area contributed by atoms with E-state index in [1.165, 1.54) is 85.5 Å². The van der Waals surface area contributed by atoms with E-state index in [2.05, 4.69) is 12.2 Å². The first kappa shape index (κ1) is 36.0. The number of carbonyl (C=O) groups is 1. The Labute approximate surface area is 225 Å². The van der Waals surface area contributed by atoms with Gasteiger partial charge in [-0.25, -0.2) is 9.36 Å². The second-order valence-corrected chi connectivity index (χ2v) is 12.0. The first-order valence-corrected chi connectivity index (χ1v) is 15.2. The van der Waals surface area contributed by atoms with Crippen LogP contribution >= 0.6 is 7.82 Å². The largest absolute Gasteiger partial charge is 0.474 e. The summed E-state index contributed by atoms with van der Waals surface area (Å²) in [6, 6.07) is -0.725. The van der Waals surface area contributed by atoms with Gasteiger partial charge in [-0.05, 0) is 33.6 Å². The lowest BCUT2D eigenvalue weighted by Gasteiger charge is -2.28. The quantitative estimate of drug-likeness (QED) is 0.0601. The van der Waals surface area contributed by atoms with Crippen molar-refractivity contribution in [3.63, 3.8) is 0 Å². The molecule has 220 valence electrons. The van der Waals surface area contributed by atoms with Gasteiger partial charge in [0.15, 0.2) is 0 Å². The van der Waals surface area contributed by atoms with Crippen LogP contribution in [0.3, 0.4) is 0 Å². The zero-order valence-corrected chi connectivity index (χ0v) is 25.3. The van der Waals surface area contributed by atoms with Crippen molar-refractivity contribution < 1.29 is 37.1 Å². The standard InChI is InChI=1S/C27H54NO8P/c1-8-9-10-11-12-13-14-15-16-17-18-19-20-21-25(34-23-31-5)24(22-35-37(30,32-6)33-7)28-26(29)36-27(2,3)4/h20-21,24-25H,8-19,22-23H2,1-7H3,(H,28,29)/b21-20+/t24-,25+/m0/s1. The minimum Gasteiger partial charge on any atom is -0.444 e. The molecule has 2 atom stereocenters. The minimum absolute atomic E-state index is 0.00612. The highest BCUT2D eigenvalue weighted by molar-refractivity contribution is 7.48. The molecule has 0 bridgehead atoms. The Balaban J connectivity index is 4.81.